The van der Waals surface area contributed by atoms with E-state index in [1.807, 2.05) is 0 Å². The number of carbonyl (C=O) groups is 2. The summed E-state index contributed by atoms with van der Waals surface area (Å²) >= 11 is 5.95. The second-order valence-electron chi connectivity index (χ2n) is 6.78. The maximum absolute atomic E-state index is 13.7. The predicted octanol–water partition coefficient (Wildman–Crippen LogP) is 4.31. The molecule has 2 aromatic carbocycles. The van der Waals surface area contributed by atoms with Crippen molar-refractivity contribution in [2.45, 2.75) is 19.1 Å². The van der Waals surface area contributed by atoms with Crippen LogP contribution in [0.1, 0.15) is 43.2 Å². The Labute approximate surface area is 180 Å². The fraction of sp³-hybridized carbons (Fsp3) is 0.190. The highest BCUT2D eigenvalue weighted by Gasteiger charge is 2.41. The van der Waals surface area contributed by atoms with Crippen LogP contribution in [-0.4, -0.2) is 26.8 Å². The average Bonchev–Trinajstić information content (AvgIpc) is 3.02. The number of aromatic nitrogens is 2. The van der Waals surface area contributed by atoms with Crippen LogP contribution in [0.25, 0.3) is 0 Å². The van der Waals surface area contributed by atoms with Crippen LogP contribution >= 0.6 is 11.6 Å². The van der Waals surface area contributed by atoms with E-state index in [0.29, 0.717) is 20.8 Å². The van der Waals surface area contributed by atoms with Crippen LogP contribution in [-0.2, 0) is 26.2 Å². The molecule has 0 bridgehead atoms. The van der Waals surface area contributed by atoms with Crippen molar-refractivity contribution < 1.29 is 27.9 Å². The molecule has 31 heavy (non-hydrogen) atoms. The van der Waals surface area contributed by atoms with Gasteiger partial charge >= 0.3 is 12.1 Å². The van der Waals surface area contributed by atoms with Crippen molar-refractivity contribution in [1.29, 1.82) is 0 Å². The van der Waals surface area contributed by atoms with Gasteiger partial charge in [0.1, 0.15) is 0 Å². The van der Waals surface area contributed by atoms with Gasteiger partial charge < -0.3 is 10.4 Å². The van der Waals surface area contributed by atoms with E-state index in [1.165, 1.54) is 24.3 Å². The Morgan fingerprint density at radius 2 is 1.81 bits per heavy atom. The Morgan fingerprint density at radius 1 is 1.13 bits per heavy atom. The molecule has 2 N–H and O–H groups in total. The topological polar surface area (TPSA) is 84.2 Å². The van der Waals surface area contributed by atoms with Crippen molar-refractivity contribution >= 4 is 23.5 Å². The third-order valence-corrected chi connectivity index (χ3v) is 4.76. The minimum absolute atomic E-state index is 0.0134. The molecule has 162 valence electrons. The number of halogens is 4. The first kappa shape index (κ1) is 22.4. The molecule has 0 spiro atoms. The summed E-state index contributed by atoms with van der Waals surface area (Å²) in [6.07, 6.45) is -4.80. The number of hydrogen-bond donors (Lipinski definition) is 2. The lowest BCUT2D eigenvalue weighted by Crippen LogP contribution is -2.27. The molecular weight excluding hydrogens is 435 g/mol. The van der Waals surface area contributed by atoms with Crippen LogP contribution in [0, 0.1) is 0 Å². The summed E-state index contributed by atoms with van der Waals surface area (Å²) < 4.78 is 41.6. The van der Waals surface area contributed by atoms with Gasteiger partial charge in [0.15, 0.2) is 5.69 Å². The van der Waals surface area contributed by atoms with E-state index in [-0.39, 0.29) is 24.2 Å². The number of aryl methyl sites for hydroxylation is 1. The van der Waals surface area contributed by atoms with Crippen LogP contribution in [0.4, 0.5) is 13.2 Å². The van der Waals surface area contributed by atoms with Crippen molar-refractivity contribution in [1.82, 2.24) is 15.1 Å². The number of carbonyl (C=O) groups excluding carboxylic acids is 1. The van der Waals surface area contributed by atoms with E-state index < -0.39 is 29.3 Å². The second kappa shape index (κ2) is 8.81. The molecule has 0 aliphatic carbocycles. The number of amides is 1. The standard InChI is InChI=1S/C21H17ClF3N3O3/c1-28-18(21(23,24)25)17(16(27-28)10-13-3-2-4-15(22)9-13)19(29)26-11-12-5-7-14(8-6-12)20(30)31/h2-9H,10-11H2,1H3,(H,26,29)(H,30,31). The fourth-order valence-electron chi connectivity index (χ4n) is 3.14. The smallest absolute Gasteiger partial charge is 0.433 e. The SMILES string of the molecule is Cn1nc(Cc2cccc(Cl)c2)c(C(=O)NCc2ccc(C(=O)O)cc2)c1C(F)(F)F. The molecule has 0 aliphatic rings. The third-order valence-electron chi connectivity index (χ3n) is 4.53. The summed E-state index contributed by atoms with van der Waals surface area (Å²) in [6, 6.07) is 12.2. The van der Waals surface area contributed by atoms with Crippen molar-refractivity contribution in [3.8, 4) is 0 Å². The van der Waals surface area contributed by atoms with Gasteiger partial charge in [-0.3, -0.25) is 9.48 Å². The first-order valence-corrected chi connectivity index (χ1v) is 9.42. The van der Waals surface area contributed by atoms with Crippen LogP contribution in [0.3, 0.4) is 0 Å². The molecule has 0 saturated carbocycles. The minimum atomic E-state index is -4.79. The second-order valence-corrected chi connectivity index (χ2v) is 7.22. The average molecular weight is 452 g/mol. The number of aromatic carboxylic acids is 1. The predicted molar refractivity (Wildman–Crippen MR) is 107 cm³/mol. The van der Waals surface area contributed by atoms with E-state index >= 15 is 0 Å². The maximum atomic E-state index is 13.7. The Hall–Kier alpha value is -3.33. The lowest BCUT2D eigenvalue weighted by molar-refractivity contribution is -0.144. The summed E-state index contributed by atoms with van der Waals surface area (Å²) in [5, 5.41) is 15.7. The van der Waals surface area contributed by atoms with E-state index in [1.54, 1.807) is 24.3 Å². The van der Waals surface area contributed by atoms with Crippen molar-refractivity contribution in [2.24, 2.45) is 7.05 Å². The molecule has 0 aliphatic heterocycles. The van der Waals surface area contributed by atoms with Gasteiger partial charge in [0.05, 0.1) is 16.8 Å². The number of hydrogen-bond acceptors (Lipinski definition) is 3. The molecule has 0 radical (unpaired) electrons. The van der Waals surface area contributed by atoms with Gasteiger partial charge in [-0.1, -0.05) is 35.9 Å². The van der Waals surface area contributed by atoms with Gasteiger partial charge in [-0.05, 0) is 35.4 Å². The first-order valence-electron chi connectivity index (χ1n) is 9.04. The quantitative estimate of drug-likeness (QED) is 0.585. The Kier molecular flexibility index (Phi) is 6.35. The highest BCUT2D eigenvalue weighted by Crippen LogP contribution is 2.34. The Bertz CT molecular complexity index is 1130. The summed E-state index contributed by atoms with van der Waals surface area (Å²) in [7, 11) is 1.13. The zero-order valence-corrected chi connectivity index (χ0v) is 17.0. The molecule has 6 nitrogen and oxygen atoms in total. The fourth-order valence-corrected chi connectivity index (χ4v) is 3.36. The molecule has 1 heterocycles. The maximum Gasteiger partial charge on any atom is 0.433 e. The number of carboxylic acids is 1. The normalized spacial score (nSPS) is 11.4. The van der Waals surface area contributed by atoms with Gasteiger partial charge in [0.25, 0.3) is 5.91 Å². The van der Waals surface area contributed by atoms with Crippen molar-refractivity contribution in [2.75, 3.05) is 0 Å². The molecular formula is C21H17ClF3N3O3. The van der Waals surface area contributed by atoms with Crippen molar-refractivity contribution in [3.05, 3.63) is 87.2 Å². The van der Waals surface area contributed by atoms with Gasteiger partial charge in [-0.2, -0.15) is 18.3 Å². The van der Waals surface area contributed by atoms with Gasteiger partial charge in [-0.25, -0.2) is 4.79 Å². The lowest BCUT2D eigenvalue weighted by atomic mass is 10.0. The van der Waals surface area contributed by atoms with E-state index in [0.717, 1.165) is 7.05 Å². The third kappa shape index (κ3) is 5.24. The van der Waals surface area contributed by atoms with Crippen LogP contribution < -0.4 is 5.32 Å². The molecule has 10 heteroatoms. The summed E-state index contributed by atoms with van der Waals surface area (Å²) in [5.41, 5.74) is -0.536. The molecule has 0 unspecified atom stereocenters. The monoisotopic (exact) mass is 451 g/mol. The zero-order valence-electron chi connectivity index (χ0n) is 16.2. The van der Waals surface area contributed by atoms with Crippen LogP contribution in [0.5, 0.6) is 0 Å². The van der Waals surface area contributed by atoms with Gasteiger partial charge in [0.2, 0.25) is 0 Å². The minimum Gasteiger partial charge on any atom is -0.478 e. The number of alkyl halides is 3. The summed E-state index contributed by atoms with van der Waals surface area (Å²) in [6.45, 7) is -0.0818. The molecule has 0 atom stereocenters. The lowest BCUT2D eigenvalue weighted by Gasteiger charge is -2.11. The van der Waals surface area contributed by atoms with Gasteiger partial charge in [-0.15, -0.1) is 0 Å². The zero-order chi connectivity index (χ0) is 22.8. The number of rotatable bonds is 6. The number of benzene rings is 2. The molecule has 3 aromatic rings. The molecule has 0 saturated heterocycles. The molecule has 3 rings (SSSR count). The Balaban J connectivity index is 1.89. The van der Waals surface area contributed by atoms with E-state index in [4.69, 9.17) is 16.7 Å². The van der Waals surface area contributed by atoms with Crippen molar-refractivity contribution in [3.63, 3.8) is 0 Å². The highest BCUT2D eigenvalue weighted by atomic mass is 35.5. The summed E-state index contributed by atoms with van der Waals surface area (Å²) in [5.74, 6) is -2.04. The van der Waals surface area contributed by atoms with Crippen LogP contribution in [0.2, 0.25) is 5.02 Å². The molecule has 1 amide bonds. The highest BCUT2D eigenvalue weighted by molar-refractivity contribution is 6.30. The largest absolute Gasteiger partial charge is 0.478 e. The summed E-state index contributed by atoms with van der Waals surface area (Å²) in [4.78, 5) is 23.7. The number of nitrogens with zero attached hydrogens (tertiary/aromatic N) is 2. The number of carboxylic acid groups (broad SMARTS) is 1. The van der Waals surface area contributed by atoms with E-state index in [9.17, 15) is 22.8 Å². The first-order chi connectivity index (χ1) is 14.6. The Morgan fingerprint density at radius 3 is 2.39 bits per heavy atom. The molecule has 1 aromatic heterocycles. The molecule has 0 fully saturated rings. The number of nitrogens with one attached hydrogen (secondary N) is 1. The van der Waals surface area contributed by atoms with Crippen LogP contribution in [0.15, 0.2) is 48.5 Å². The van der Waals surface area contributed by atoms with E-state index in [2.05, 4.69) is 10.4 Å². The van der Waals surface area contributed by atoms with Gasteiger partial charge in [0, 0.05) is 25.0 Å².